The smallest absolute Gasteiger partial charge is 0.313 e. The van der Waals surface area contributed by atoms with Crippen LogP contribution in [0.3, 0.4) is 0 Å². The molecule has 2 aromatic heterocycles. The molecule has 0 saturated carbocycles. The van der Waals surface area contributed by atoms with E-state index in [1.807, 2.05) is 24.3 Å². The Kier molecular flexibility index (Phi) is 5.19. The Morgan fingerprint density at radius 1 is 1.21 bits per heavy atom. The summed E-state index contributed by atoms with van der Waals surface area (Å²) in [6.07, 6.45) is 4.33. The van der Waals surface area contributed by atoms with Crippen molar-refractivity contribution in [2.45, 2.75) is 19.8 Å². The van der Waals surface area contributed by atoms with Crippen LogP contribution in [0.1, 0.15) is 18.9 Å². The highest BCUT2D eigenvalue weighted by Crippen LogP contribution is 2.25. The first-order chi connectivity index (χ1) is 14.1. The van der Waals surface area contributed by atoms with E-state index in [2.05, 4.69) is 32.9 Å². The lowest BCUT2D eigenvalue weighted by molar-refractivity contribution is -0.125. The maximum Gasteiger partial charge on any atom is 0.340 e. The van der Waals surface area contributed by atoms with Crippen LogP contribution in [0.5, 0.6) is 0 Å². The Balaban J connectivity index is 1.34. The van der Waals surface area contributed by atoms with Crippen molar-refractivity contribution in [3.63, 3.8) is 0 Å². The third-order valence-electron chi connectivity index (χ3n) is 4.81. The van der Waals surface area contributed by atoms with Gasteiger partial charge in [-0.15, -0.1) is 0 Å². The van der Waals surface area contributed by atoms with Gasteiger partial charge in [0.2, 0.25) is 17.6 Å². The molecule has 0 bridgehead atoms. The van der Waals surface area contributed by atoms with Crippen molar-refractivity contribution in [1.82, 2.24) is 20.6 Å². The minimum atomic E-state index is -0.469. The van der Waals surface area contributed by atoms with E-state index < -0.39 is 5.92 Å². The number of hydrogen-bond donors (Lipinski definition) is 2. The Bertz CT molecular complexity index is 1000. The molecule has 1 fully saturated rings. The SMILES string of the molecule is CCc1ccc(N2CC(C(=O)NNc3nc(-c4ccncc4)no3)CC2=O)cc1. The van der Waals surface area contributed by atoms with Gasteiger partial charge < -0.3 is 9.42 Å². The molecule has 29 heavy (non-hydrogen) atoms. The molecule has 1 unspecified atom stereocenters. The topological polar surface area (TPSA) is 113 Å². The summed E-state index contributed by atoms with van der Waals surface area (Å²) in [5, 5.41) is 3.85. The van der Waals surface area contributed by atoms with E-state index in [-0.39, 0.29) is 24.2 Å². The summed E-state index contributed by atoms with van der Waals surface area (Å²) < 4.78 is 5.08. The van der Waals surface area contributed by atoms with E-state index in [0.717, 1.165) is 17.7 Å². The maximum absolute atomic E-state index is 12.5. The Morgan fingerprint density at radius 2 is 1.97 bits per heavy atom. The van der Waals surface area contributed by atoms with E-state index in [0.29, 0.717) is 12.4 Å². The van der Waals surface area contributed by atoms with E-state index in [4.69, 9.17) is 4.52 Å². The predicted molar refractivity (Wildman–Crippen MR) is 106 cm³/mol. The van der Waals surface area contributed by atoms with Gasteiger partial charge >= 0.3 is 6.01 Å². The summed E-state index contributed by atoms with van der Waals surface area (Å²) in [5.74, 6) is -0.479. The molecule has 3 heterocycles. The molecule has 1 aromatic carbocycles. The number of carbonyl (C=O) groups is 2. The summed E-state index contributed by atoms with van der Waals surface area (Å²) in [7, 11) is 0. The number of hydrazine groups is 1. The van der Waals surface area contributed by atoms with E-state index in [1.165, 1.54) is 5.56 Å². The molecule has 1 saturated heterocycles. The molecule has 1 atom stereocenters. The molecule has 0 spiro atoms. The van der Waals surface area contributed by atoms with Crippen molar-refractivity contribution in [1.29, 1.82) is 0 Å². The van der Waals surface area contributed by atoms with Gasteiger partial charge in [-0.05, 0) is 36.2 Å². The van der Waals surface area contributed by atoms with E-state index in [9.17, 15) is 9.59 Å². The molecule has 0 radical (unpaired) electrons. The first kappa shape index (κ1) is 18.6. The lowest BCUT2D eigenvalue weighted by Gasteiger charge is -2.17. The average Bonchev–Trinajstić information content (AvgIpc) is 3.40. The maximum atomic E-state index is 12.5. The average molecular weight is 392 g/mol. The number of anilines is 2. The highest BCUT2D eigenvalue weighted by molar-refractivity contribution is 6.00. The molecule has 2 N–H and O–H groups in total. The number of aryl methyl sites for hydroxylation is 1. The van der Waals surface area contributed by atoms with Crippen LogP contribution >= 0.6 is 0 Å². The second-order valence-electron chi connectivity index (χ2n) is 6.70. The summed E-state index contributed by atoms with van der Waals surface area (Å²) in [5.41, 5.74) is 7.89. The van der Waals surface area contributed by atoms with Crippen molar-refractivity contribution in [2.24, 2.45) is 5.92 Å². The van der Waals surface area contributed by atoms with Gasteiger partial charge in [0, 0.05) is 36.6 Å². The van der Waals surface area contributed by atoms with Crippen LogP contribution in [0.2, 0.25) is 0 Å². The highest BCUT2D eigenvalue weighted by Gasteiger charge is 2.35. The van der Waals surface area contributed by atoms with Crippen molar-refractivity contribution >= 4 is 23.5 Å². The van der Waals surface area contributed by atoms with Crippen molar-refractivity contribution in [3.05, 3.63) is 54.4 Å². The monoisotopic (exact) mass is 392 g/mol. The zero-order chi connectivity index (χ0) is 20.2. The van der Waals surface area contributed by atoms with Crippen LogP contribution in [0, 0.1) is 5.92 Å². The fraction of sp³-hybridized carbons (Fsp3) is 0.250. The van der Waals surface area contributed by atoms with Crippen molar-refractivity contribution in [2.75, 3.05) is 16.9 Å². The molecule has 148 valence electrons. The summed E-state index contributed by atoms with van der Waals surface area (Å²) in [6.45, 7) is 2.40. The van der Waals surface area contributed by atoms with Crippen molar-refractivity contribution < 1.29 is 14.1 Å². The second-order valence-corrected chi connectivity index (χ2v) is 6.70. The zero-order valence-electron chi connectivity index (χ0n) is 15.8. The number of benzene rings is 1. The first-order valence-electron chi connectivity index (χ1n) is 9.33. The lowest BCUT2D eigenvalue weighted by Crippen LogP contribution is -2.36. The molecule has 9 nitrogen and oxygen atoms in total. The number of aromatic nitrogens is 3. The molecule has 1 aliphatic heterocycles. The van der Waals surface area contributed by atoms with Crippen LogP contribution in [-0.4, -0.2) is 33.5 Å². The van der Waals surface area contributed by atoms with Crippen LogP contribution in [0.25, 0.3) is 11.4 Å². The van der Waals surface area contributed by atoms with Gasteiger partial charge in [0.25, 0.3) is 0 Å². The van der Waals surface area contributed by atoms with E-state index in [1.54, 1.807) is 29.4 Å². The molecular weight excluding hydrogens is 372 g/mol. The fourth-order valence-corrected chi connectivity index (χ4v) is 3.15. The molecule has 9 heteroatoms. The predicted octanol–water partition coefficient (Wildman–Crippen LogP) is 2.19. The van der Waals surface area contributed by atoms with Crippen LogP contribution in [0.4, 0.5) is 11.7 Å². The standard InChI is InChI=1S/C20H20N6O3/c1-2-13-3-5-16(6-4-13)26-12-15(11-17(26)27)19(28)23-24-20-22-18(25-29-20)14-7-9-21-10-8-14/h3-10,15H,2,11-12H2,1H3,(H,23,28)(H,22,24,25). The second kappa shape index (κ2) is 8.09. The van der Waals surface area contributed by atoms with E-state index >= 15 is 0 Å². The zero-order valence-corrected chi connectivity index (χ0v) is 15.8. The Morgan fingerprint density at radius 3 is 2.69 bits per heavy atom. The largest absolute Gasteiger partial charge is 0.340 e. The van der Waals surface area contributed by atoms with Crippen LogP contribution in [0.15, 0.2) is 53.3 Å². The third kappa shape index (κ3) is 4.08. The van der Waals surface area contributed by atoms with Crippen molar-refractivity contribution in [3.8, 4) is 11.4 Å². The molecule has 4 rings (SSSR count). The third-order valence-corrected chi connectivity index (χ3v) is 4.81. The molecular formula is C20H20N6O3. The number of hydrogen-bond acceptors (Lipinski definition) is 7. The quantitative estimate of drug-likeness (QED) is 0.618. The van der Waals surface area contributed by atoms with Crippen LogP contribution in [-0.2, 0) is 16.0 Å². The molecule has 3 aromatic rings. The number of pyridine rings is 1. The summed E-state index contributed by atoms with van der Waals surface area (Å²) >= 11 is 0. The minimum Gasteiger partial charge on any atom is -0.313 e. The number of nitrogens with one attached hydrogen (secondary N) is 2. The summed E-state index contributed by atoms with van der Waals surface area (Å²) in [4.78, 5) is 34.6. The number of carbonyl (C=O) groups excluding carboxylic acids is 2. The Labute approximate surface area is 167 Å². The number of amides is 2. The van der Waals surface area contributed by atoms with Gasteiger partial charge in [-0.3, -0.25) is 20.0 Å². The van der Waals surface area contributed by atoms with Gasteiger partial charge in [0.05, 0.1) is 5.92 Å². The van der Waals surface area contributed by atoms with Gasteiger partial charge in [0.15, 0.2) is 0 Å². The molecule has 0 aliphatic carbocycles. The lowest BCUT2D eigenvalue weighted by atomic mass is 10.1. The normalized spacial score (nSPS) is 16.1. The van der Waals surface area contributed by atoms with Gasteiger partial charge in [-0.1, -0.05) is 24.2 Å². The fourth-order valence-electron chi connectivity index (χ4n) is 3.15. The molecule has 2 amide bonds. The van der Waals surface area contributed by atoms with Gasteiger partial charge in [-0.25, -0.2) is 5.43 Å². The summed E-state index contributed by atoms with van der Waals surface area (Å²) in [6, 6.07) is 11.4. The number of nitrogens with zero attached hydrogens (tertiary/aromatic N) is 4. The highest BCUT2D eigenvalue weighted by atomic mass is 16.5. The Hall–Kier alpha value is -3.75. The number of rotatable bonds is 6. The van der Waals surface area contributed by atoms with Crippen LogP contribution < -0.4 is 15.8 Å². The first-order valence-corrected chi connectivity index (χ1v) is 9.33. The minimum absolute atomic E-state index is 0.0569. The molecule has 1 aliphatic rings. The van der Waals surface area contributed by atoms with Gasteiger partial charge in [0.1, 0.15) is 0 Å². The van der Waals surface area contributed by atoms with Gasteiger partial charge in [-0.2, -0.15) is 4.98 Å².